The van der Waals surface area contributed by atoms with Crippen molar-refractivity contribution in [1.82, 2.24) is 0 Å². The fourth-order valence-electron chi connectivity index (χ4n) is 2.21. The summed E-state index contributed by atoms with van der Waals surface area (Å²) in [6, 6.07) is 8.07. The van der Waals surface area contributed by atoms with Crippen LogP contribution in [0.15, 0.2) is 24.3 Å². The van der Waals surface area contributed by atoms with E-state index in [1.165, 1.54) is 0 Å². The van der Waals surface area contributed by atoms with Gasteiger partial charge in [-0.3, -0.25) is 0 Å². The first-order chi connectivity index (χ1) is 8.93. The van der Waals surface area contributed by atoms with Crippen LogP contribution in [0, 0.1) is 0 Å². The third-order valence-electron chi connectivity index (χ3n) is 3.11. The molecule has 2 heterocycles. The van der Waals surface area contributed by atoms with Crippen molar-refractivity contribution >= 4 is 25.2 Å². The Morgan fingerprint density at radius 3 is 1.61 bits per heavy atom. The lowest BCUT2D eigenvalue weighted by Crippen LogP contribution is -2.46. The molecule has 0 aliphatic carbocycles. The normalized spacial score (nSPS) is 21.1. The Hall–Kier alpha value is -0.810. The summed E-state index contributed by atoms with van der Waals surface area (Å²) in [5.41, 5.74) is 2.06. The van der Waals surface area contributed by atoms with Crippen molar-refractivity contribution in [2.24, 2.45) is 0 Å². The van der Waals surface area contributed by atoms with Gasteiger partial charge in [0.05, 0.1) is 0 Å². The summed E-state index contributed by atoms with van der Waals surface area (Å²) in [6.07, 6.45) is 1.93. The Balaban J connectivity index is 1.75. The van der Waals surface area contributed by atoms with E-state index in [-0.39, 0.29) is 14.2 Å². The zero-order valence-electron chi connectivity index (χ0n) is 10.3. The molecule has 4 nitrogen and oxygen atoms in total. The number of benzene rings is 1. The van der Waals surface area contributed by atoms with Gasteiger partial charge in [-0.1, -0.05) is 24.3 Å². The summed E-state index contributed by atoms with van der Waals surface area (Å²) in [4.78, 5) is 0. The van der Waals surface area contributed by atoms with Crippen LogP contribution >= 0.6 is 0 Å². The molecule has 0 saturated carbocycles. The van der Waals surface area contributed by atoms with Crippen LogP contribution in [0.4, 0.5) is 0 Å². The Bertz CT molecular complexity index is 356. The molecular weight excluding hydrogens is 230 g/mol. The highest BCUT2D eigenvalue weighted by molar-refractivity contribution is 6.65. The second kappa shape index (κ2) is 5.89. The molecule has 18 heavy (non-hydrogen) atoms. The van der Waals surface area contributed by atoms with Gasteiger partial charge in [0.15, 0.2) is 0 Å². The van der Waals surface area contributed by atoms with Crippen LogP contribution in [0.25, 0.3) is 0 Å². The van der Waals surface area contributed by atoms with Crippen molar-refractivity contribution in [3.63, 3.8) is 0 Å². The molecule has 2 saturated heterocycles. The molecule has 1 aromatic carbocycles. The van der Waals surface area contributed by atoms with E-state index in [1.807, 2.05) is 24.3 Å². The number of hydrogen-bond donors (Lipinski definition) is 0. The lowest BCUT2D eigenvalue weighted by Gasteiger charge is -2.22. The fraction of sp³-hybridized carbons (Fsp3) is 0.500. The topological polar surface area (TPSA) is 36.9 Å². The molecule has 0 unspecified atom stereocenters. The standard InChI is InChI=1S/C12H16B2O4/c1-4-11(13-15-6-2-7-16-13)10-12(5-1)14-17-8-3-9-18-14/h1,4-5,10H,2-3,6-9H2. The van der Waals surface area contributed by atoms with Crippen LogP contribution in [0.5, 0.6) is 0 Å². The van der Waals surface area contributed by atoms with Gasteiger partial charge < -0.3 is 18.6 Å². The highest BCUT2D eigenvalue weighted by Gasteiger charge is 2.28. The van der Waals surface area contributed by atoms with Crippen LogP contribution in [0.1, 0.15) is 12.8 Å². The van der Waals surface area contributed by atoms with Crippen molar-refractivity contribution in [2.75, 3.05) is 26.4 Å². The van der Waals surface area contributed by atoms with Gasteiger partial charge >= 0.3 is 14.2 Å². The fourth-order valence-corrected chi connectivity index (χ4v) is 2.21. The molecule has 3 rings (SSSR count). The smallest absolute Gasteiger partial charge is 0.407 e. The van der Waals surface area contributed by atoms with Gasteiger partial charge in [0.1, 0.15) is 0 Å². The Morgan fingerprint density at radius 2 is 1.17 bits per heavy atom. The van der Waals surface area contributed by atoms with Crippen LogP contribution in [-0.2, 0) is 18.6 Å². The number of hydrogen-bond acceptors (Lipinski definition) is 4. The van der Waals surface area contributed by atoms with Gasteiger partial charge in [-0.25, -0.2) is 0 Å². The number of rotatable bonds is 2. The largest absolute Gasteiger partial charge is 0.493 e. The minimum absolute atomic E-state index is 0.248. The zero-order valence-corrected chi connectivity index (χ0v) is 10.3. The molecule has 6 heteroatoms. The molecule has 0 N–H and O–H groups in total. The first-order valence-electron chi connectivity index (χ1n) is 6.50. The molecule has 0 amide bonds. The summed E-state index contributed by atoms with van der Waals surface area (Å²) in [7, 11) is -0.496. The Kier molecular flexibility index (Phi) is 4.00. The molecule has 1 aromatic rings. The van der Waals surface area contributed by atoms with E-state index in [9.17, 15) is 0 Å². The lowest BCUT2D eigenvalue weighted by atomic mass is 9.71. The van der Waals surface area contributed by atoms with E-state index >= 15 is 0 Å². The van der Waals surface area contributed by atoms with E-state index < -0.39 is 0 Å². The maximum absolute atomic E-state index is 5.60. The first kappa shape index (κ1) is 12.2. The predicted molar refractivity (Wildman–Crippen MR) is 70.3 cm³/mol. The van der Waals surface area contributed by atoms with Crippen molar-refractivity contribution < 1.29 is 18.6 Å². The lowest BCUT2D eigenvalue weighted by molar-refractivity contribution is 0.143. The van der Waals surface area contributed by atoms with Crippen molar-refractivity contribution in [2.45, 2.75) is 12.8 Å². The van der Waals surface area contributed by atoms with E-state index in [2.05, 4.69) is 0 Å². The van der Waals surface area contributed by atoms with Crippen LogP contribution in [0.3, 0.4) is 0 Å². The van der Waals surface area contributed by atoms with Crippen molar-refractivity contribution in [1.29, 1.82) is 0 Å². The third-order valence-corrected chi connectivity index (χ3v) is 3.11. The van der Waals surface area contributed by atoms with Gasteiger partial charge in [-0.15, -0.1) is 0 Å². The van der Waals surface area contributed by atoms with E-state index in [4.69, 9.17) is 18.6 Å². The molecule has 0 aromatic heterocycles. The summed E-state index contributed by atoms with van der Waals surface area (Å²) in [5, 5.41) is 0. The monoisotopic (exact) mass is 246 g/mol. The van der Waals surface area contributed by atoms with E-state index in [1.54, 1.807) is 0 Å². The maximum atomic E-state index is 5.60. The molecule has 0 spiro atoms. The molecule has 0 radical (unpaired) electrons. The summed E-state index contributed by atoms with van der Waals surface area (Å²) in [6.45, 7) is 3.02. The van der Waals surface area contributed by atoms with Crippen molar-refractivity contribution in [3.8, 4) is 0 Å². The van der Waals surface area contributed by atoms with Gasteiger partial charge in [0.2, 0.25) is 0 Å². The van der Waals surface area contributed by atoms with Gasteiger partial charge in [0, 0.05) is 26.4 Å². The van der Waals surface area contributed by atoms with Gasteiger partial charge in [-0.2, -0.15) is 0 Å². The average Bonchev–Trinajstić information content (AvgIpc) is 2.49. The van der Waals surface area contributed by atoms with E-state index in [0.717, 1.165) is 50.2 Å². The molecular formula is C12H16B2O4. The van der Waals surface area contributed by atoms with Crippen LogP contribution < -0.4 is 10.9 Å². The van der Waals surface area contributed by atoms with Gasteiger partial charge in [0.25, 0.3) is 0 Å². The Morgan fingerprint density at radius 1 is 0.722 bits per heavy atom. The van der Waals surface area contributed by atoms with Crippen LogP contribution in [0.2, 0.25) is 0 Å². The first-order valence-corrected chi connectivity index (χ1v) is 6.50. The molecule has 2 fully saturated rings. The van der Waals surface area contributed by atoms with E-state index in [0.29, 0.717) is 0 Å². The minimum Gasteiger partial charge on any atom is -0.407 e. The molecule has 94 valence electrons. The summed E-state index contributed by atoms with van der Waals surface area (Å²) < 4.78 is 22.4. The second-order valence-electron chi connectivity index (χ2n) is 4.52. The highest BCUT2D eigenvalue weighted by Crippen LogP contribution is 2.04. The molecule has 2 aliphatic heterocycles. The summed E-state index contributed by atoms with van der Waals surface area (Å²) in [5.74, 6) is 0. The van der Waals surface area contributed by atoms with Crippen LogP contribution in [-0.4, -0.2) is 40.7 Å². The molecule has 0 bridgehead atoms. The van der Waals surface area contributed by atoms with Crippen molar-refractivity contribution in [3.05, 3.63) is 24.3 Å². The maximum Gasteiger partial charge on any atom is 0.493 e. The minimum atomic E-state index is -0.248. The van der Waals surface area contributed by atoms with Gasteiger partial charge in [-0.05, 0) is 23.8 Å². The summed E-state index contributed by atoms with van der Waals surface area (Å²) >= 11 is 0. The highest BCUT2D eigenvalue weighted by atomic mass is 16.6. The SMILES string of the molecule is c1cc(B2OCCCO2)cc(B2OCCCO2)c1. The quantitative estimate of drug-likeness (QED) is 0.685. The molecule has 2 aliphatic rings. The third kappa shape index (κ3) is 2.78. The predicted octanol–water partition coefficient (Wildman–Crippen LogP) is -0.0492. The zero-order chi connectivity index (χ0) is 12.2. The molecule has 0 atom stereocenters. The Labute approximate surface area is 108 Å². The second-order valence-corrected chi connectivity index (χ2v) is 4.52. The average molecular weight is 246 g/mol.